The molecule has 0 aromatic heterocycles. The van der Waals surface area contributed by atoms with Gasteiger partial charge in [0.15, 0.2) is 23.0 Å². The summed E-state index contributed by atoms with van der Waals surface area (Å²) in [5.41, 5.74) is 4.78. The Morgan fingerprint density at radius 2 is 1.40 bits per heavy atom. The van der Waals surface area contributed by atoms with Crippen molar-refractivity contribution in [3.63, 3.8) is 0 Å². The zero-order chi connectivity index (χ0) is 30.0. The van der Waals surface area contributed by atoms with E-state index in [1.54, 1.807) is 28.4 Å². The second-order valence-electron chi connectivity index (χ2n) is 11.4. The fourth-order valence-corrected chi connectivity index (χ4v) is 7.33. The van der Waals surface area contributed by atoms with E-state index in [1.807, 2.05) is 17.0 Å². The van der Waals surface area contributed by atoms with E-state index < -0.39 is 5.97 Å². The van der Waals surface area contributed by atoms with Gasteiger partial charge in [-0.1, -0.05) is 13.3 Å². The van der Waals surface area contributed by atoms with Crippen molar-refractivity contribution >= 4 is 11.9 Å². The highest BCUT2D eigenvalue weighted by atomic mass is 16.5. The summed E-state index contributed by atoms with van der Waals surface area (Å²) in [6, 6.07) is 8.34. The number of carboxylic acids is 1. The van der Waals surface area contributed by atoms with Crippen LogP contribution in [0.4, 0.5) is 0 Å². The maximum Gasteiger partial charge on any atom is 0.328 e. The number of fused-ring (bicyclic) bond motifs is 4. The molecule has 4 atom stereocenters. The number of carbonyl (C=O) groups excluding carboxylic acids is 1. The molecule has 0 unspecified atom stereocenters. The number of hydrogen-bond acceptors (Lipinski definition) is 7. The van der Waals surface area contributed by atoms with E-state index in [4.69, 9.17) is 18.9 Å². The predicted octanol–water partition coefficient (Wildman–Crippen LogP) is 4.82. The van der Waals surface area contributed by atoms with Crippen molar-refractivity contribution in [3.8, 4) is 23.0 Å². The number of piperidine rings is 1. The van der Waals surface area contributed by atoms with Crippen molar-refractivity contribution in [2.75, 3.05) is 48.1 Å². The number of ether oxygens (including phenoxy) is 4. The molecule has 3 aliphatic rings. The molecular weight excluding hydrogens is 536 g/mol. The largest absolute Gasteiger partial charge is 0.493 e. The molecule has 9 heteroatoms. The Morgan fingerprint density at radius 3 is 2.00 bits per heavy atom. The van der Waals surface area contributed by atoms with Crippen LogP contribution < -0.4 is 18.9 Å². The Labute approximate surface area is 248 Å². The van der Waals surface area contributed by atoms with Crippen LogP contribution in [0.1, 0.15) is 60.5 Å². The molecule has 9 nitrogen and oxygen atoms in total. The monoisotopic (exact) mass is 578 g/mol. The Morgan fingerprint density at radius 1 is 0.833 bits per heavy atom. The first-order chi connectivity index (χ1) is 20.3. The summed E-state index contributed by atoms with van der Waals surface area (Å²) in [6.45, 7) is 4.77. The number of carboxylic acid groups (broad SMARTS) is 1. The normalized spacial score (nSPS) is 23.5. The zero-order valence-corrected chi connectivity index (χ0v) is 25.2. The number of nitrogens with zero attached hydrogens (tertiary/aromatic N) is 2. The molecule has 0 aliphatic carbocycles. The summed E-state index contributed by atoms with van der Waals surface area (Å²) in [6.07, 6.45) is 6.53. The van der Waals surface area contributed by atoms with E-state index in [9.17, 15) is 14.7 Å². The van der Waals surface area contributed by atoms with Crippen LogP contribution in [0.2, 0.25) is 0 Å². The zero-order valence-electron chi connectivity index (χ0n) is 25.2. The van der Waals surface area contributed by atoms with Gasteiger partial charge in [-0.25, -0.2) is 4.79 Å². The number of benzene rings is 2. The molecule has 226 valence electrons. The Hall–Kier alpha value is -3.72. The Kier molecular flexibility index (Phi) is 8.96. The molecular formula is C33H42N2O7. The minimum atomic E-state index is -1.13. The lowest BCUT2D eigenvalue weighted by molar-refractivity contribution is -0.133. The maximum atomic E-state index is 13.4. The van der Waals surface area contributed by atoms with Gasteiger partial charge in [0.2, 0.25) is 5.91 Å². The van der Waals surface area contributed by atoms with E-state index in [0.29, 0.717) is 36.3 Å². The van der Waals surface area contributed by atoms with Gasteiger partial charge in [0.05, 0.1) is 34.5 Å². The number of carbonyl (C=O) groups is 2. The van der Waals surface area contributed by atoms with Gasteiger partial charge >= 0.3 is 5.97 Å². The van der Waals surface area contributed by atoms with E-state index in [2.05, 4.69) is 24.0 Å². The van der Waals surface area contributed by atoms with Crippen LogP contribution >= 0.6 is 0 Å². The fourth-order valence-electron chi connectivity index (χ4n) is 7.33. The third-order valence-electron chi connectivity index (χ3n) is 9.48. The standard InChI is InChI=1S/C33H42N2O7/c1-6-20-19-34-11-9-21-15-28(39-2)30(41-4)17-24(21)26(34)13-23(20)14-27-25-18-31(42-5)29(40-3)16-22(25)10-12-35(27)32(36)7-8-33(37)38/h7-8,15-18,20,23,26-27H,6,9-14,19H2,1-5H3,(H,37,38)/b8-7-/t20-,23+,26-,27-/m0/s1. The van der Waals surface area contributed by atoms with Gasteiger partial charge in [-0.3, -0.25) is 9.69 Å². The van der Waals surface area contributed by atoms with E-state index >= 15 is 0 Å². The Balaban J connectivity index is 1.52. The third-order valence-corrected chi connectivity index (χ3v) is 9.48. The summed E-state index contributed by atoms with van der Waals surface area (Å²) < 4.78 is 22.5. The van der Waals surface area contributed by atoms with Crippen LogP contribution in [0.25, 0.3) is 0 Å². The van der Waals surface area contributed by atoms with Gasteiger partial charge in [-0.15, -0.1) is 0 Å². The first-order valence-corrected chi connectivity index (χ1v) is 14.8. The smallest absolute Gasteiger partial charge is 0.328 e. The van der Waals surface area contributed by atoms with Gasteiger partial charge < -0.3 is 29.0 Å². The molecule has 0 spiro atoms. The van der Waals surface area contributed by atoms with Crippen molar-refractivity contribution in [2.24, 2.45) is 11.8 Å². The van der Waals surface area contributed by atoms with Crippen LogP contribution in [0.5, 0.6) is 23.0 Å². The average molecular weight is 579 g/mol. The number of amides is 1. The lowest BCUT2D eigenvalue weighted by atomic mass is 9.72. The van der Waals surface area contributed by atoms with Gasteiger partial charge in [0, 0.05) is 37.8 Å². The number of methoxy groups -OCH3 is 4. The SMILES string of the molecule is CC[C@H]1CN2CCc3cc(OC)c(OC)cc3[C@@H]2C[C@@H]1C[C@H]1c2cc(OC)c(OC)cc2CCN1C(=O)/C=C\C(=O)O. The van der Waals surface area contributed by atoms with E-state index in [1.165, 1.54) is 17.2 Å². The van der Waals surface area contributed by atoms with E-state index in [-0.39, 0.29) is 18.0 Å². The topological polar surface area (TPSA) is 97.8 Å². The van der Waals surface area contributed by atoms with Gasteiger partial charge in [-0.2, -0.15) is 0 Å². The number of hydrogen-bond donors (Lipinski definition) is 1. The van der Waals surface area contributed by atoms with Gasteiger partial charge in [0.1, 0.15) is 0 Å². The number of rotatable bonds is 9. The lowest BCUT2D eigenvalue weighted by Gasteiger charge is -2.49. The molecule has 42 heavy (non-hydrogen) atoms. The van der Waals surface area contributed by atoms with E-state index in [0.717, 1.165) is 67.5 Å². The third kappa shape index (κ3) is 5.67. The highest BCUT2D eigenvalue weighted by Crippen LogP contribution is 2.49. The summed E-state index contributed by atoms with van der Waals surface area (Å²) >= 11 is 0. The summed E-state index contributed by atoms with van der Waals surface area (Å²) in [5, 5.41) is 9.19. The van der Waals surface area contributed by atoms with Crippen molar-refractivity contribution in [1.82, 2.24) is 9.80 Å². The van der Waals surface area contributed by atoms with Crippen molar-refractivity contribution in [1.29, 1.82) is 0 Å². The minimum Gasteiger partial charge on any atom is -0.493 e. The van der Waals surface area contributed by atoms with Crippen molar-refractivity contribution in [2.45, 2.75) is 51.1 Å². The quantitative estimate of drug-likeness (QED) is 0.423. The second-order valence-corrected chi connectivity index (χ2v) is 11.4. The maximum absolute atomic E-state index is 13.4. The molecule has 0 bridgehead atoms. The highest BCUT2D eigenvalue weighted by molar-refractivity contribution is 5.94. The molecule has 1 N–H and O–H groups in total. The molecule has 0 radical (unpaired) electrons. The molecule has 1 fully saturated rings. The summed E-state index contributed by atoms with van der Waals surface area (Å²) in [7, 11) is 6.60. The molecule has 5 rings (SSSR count). The lowest BCUT2D eigenvalue weighted by Crippen LogP contribution is -2.47. The Bertz CT molecular complexity index is 1360. The molecule has 0 saturated carbocycles. The van der Waals surface area contributed by atoms with Crippen LogP contribution in [-0.2, 0) is 22.4 Å². The predicted molar refractivity (Wildman–Crippen MR) is 159 cm³/mol. The molecule has 1 saturated heterocycles. The van der Waals surface area contributed by atoms with Gasteiger partial charge in [0.25, 0.3) is 0 Å². The highest BCUT2D eigenvalue weighted by Gasteiger charge is 2.42. The molecule has 3 heterocycles. The molecule has 1 amide bonds. The average Bonchev–Trinajstić information content (AvgIpc) is 3.01. The number of aliphatic carboxylic acids is 1. The fraction of sp³-hybridized carbons (Fsp3) is 0.515. The van der Waals surface area contributed by atoms with Crippen LogP contribution in [0.3, 0.4) is 0 Å². The summed E-state index contributed by atoms with van der Waals surface area (Å²) in [5.74, 6) is 2.20. The molecule has 2 aromatic carbocycles. The van der Waals surface area contributed by atoms with Gasteiger partial charge in [-0.05, 0) is 84.0 Å². The molecule has 2 aromatic rings. The van der Waals surface area contributed by atoms with Crippen molar-refractivity contribution < 1.29 is 33.6 Å². The van der Waals surface area contributed by atoms with Crippen LogP contribution in [-0.4, -0.2) is 74.9 Å². The summed E-state index contributed by atoms with van der Waals surface area (Å²) in [4.78, 5) is 29.1. The van der Waals surface area contributed by atoms with Crippen LogP contribution in [0.15, 0.2) is 36.4 Å². The minimum absolute atomic E-state index is 0.210. The first-order valence-electron chi connectivity index (χ1n) is 14.8. The first kappa shape index (κ1) is 29.8. The second kappa shape index (κ2) is 12.7. The van der Waals surface area contributed by atoms with Crippen molar-refractivity contribution in [3.05, 3.63) is 58.7 Å². The van der Waals surface area contributed by atoms with Crippen LogP contribution in [0, 0.1) is 11.8 Å². The molecule has 3 aliphatic heterocycles.